The van der Waals surface area contributed by atoms with Crippen molar-refractivity contribution in [2.24, 2.45) is 5.92 Å². The first-order valence-electron chi connectivity index (χ1n) is 9.73. The third kappa shape index (κ3) is 6.69. The quantitative estimate of drug-likeness (QED) is 0.486. The number of nitriles is 1. The van der Waals surface area contributed by atoms with Gasteiger partial charge < -0.3 is 14.8 Å². The van der Waals surface area contributed by atoms with Gasteiger partial charge in [-0.2, -0.15) is 5.26 Å². The molecule has 2 aromatic rings. The van der Waals surface area contributed by atoms with Crippen molar-refractivity contribution < 1.29 is 14.3 Å². The maximum Gasteiger partial charge on any atom is 0.262 e. The molecule has 1 N–H and O–H groups in total. The molecule has 0 bridgehead atoms. The van der Waals surface area contributed by atoms with Crippen LogP contribution in [0.2, 0.25) is 0 Å². The van der Waals surface area contributed by atoms with Gasteiger partial charge in [0.1, 0.15) is 11.6 Å². The summed E-state index contributed by atoms with van der Waals surface area (Å²) in [6, 6.07) is 16.8. The van der Waals surface area contributed by atoms with Crippen molar-refractivity contribution in [1.29, 1.82) is 5.26 Å². The third-order valence-electron chi connectivity index (χ3n) is 4.46. The van der Waals surface area contributed by atoms with E-state index in [1.165, 1.54) is 0 Å². The van der Waals surface area contributed by atoms with E-state index >= 15 is 0 Å². The summed E-state index contributed by atoms with van der Waals surface area (Å²) in [6.07, 6.45) is 2.50. The van der Waals surface area contributed by atoms with Gasteiger partial charge in [0, 0.05) is 0 Å². The monoisotopic (exact) mass is 392 g/mol. The molecule has 0 saturated heterocycles. The van der Waals surface area contributed by atoms with Crippen LogP contribution in [0.25, 0.3) is 6.08 Å². The Morgan fingerprint density at radius 3 is 2.48 bits per heavy atom. The van der Waals surface area contributed by atoms with E-state index in [0.29, 0.717) is 29.6 Å². The summed E-state index contributed by atoms with van der Waals surface area (Å²) in [5.41, 5.74) is 1.70. The SMILES string of the molecule is COc1cc(/C=C(\C#N)C(=O)N[C@H](C)c2ccccc2)ccc1OCCC(C)C. The molecule has 0 aliphatic carbocycles. The van der Waals surface area contributed by atoms with Crippen LogP contribution >= 0.6 is 0 Å². The molecule has 29 heavy (non-hydrogen) atoms. The highest BCUT2D eigenvalue weighted by molar-refractivity contribution is 6.01. The van der Waals surface area contributed by atoms with Gasteiger partial charge in [-0.15, -0.1) is 0 Å². The maximum atomic E-state index is 12.5. The van der Waals surface area contributed by atoms with Crippen LogP contribution in [0.3, 0.4) is 0 Å². The molecule has 0 aromatic heterocycles. The van der Waals surface area contributed by atoms with Crippen molar-refractivity contribution in [1.82, 2.24) is 5.32 Å². The predicted octanol–water partition coefficient (Wildman–Crippen LogP) is 4.90. The number of nitrogens with one attached hydrogen (secondary N) is 1. The van der Waals surface area contributed by atoms with E-state index in [2.05, 4.69) is 19.2 Å². The minimum Gasteiger partial charge on any atom is -0.493 e. The minimum atomic E-state index is -0.417. The van der Waals surface area contributed by atoms with Crippen molar-refractivity contribution >= 4 is 12.0 Å². The highest BCUT2D eigenvalue weighted by atomic mass is 16.5. The summed E-state index contributed by atoms with van der Waals surface area (Å²) in [7, 11) is 1.57. The van der Waals surface area contributed by atoms with Gasteiger partial charge in [-0.05, 0) is 48.6 Å². The first-order chi connectivity index (χ1) is 13.9. The Morgan fingerprint density at radius 2 is 1.86 bits per heavy atom. The van der Waals surface area contributed by atoms with Crippen LogP contribution in [0.5, 0.6) is 11.5 Å². The van der Waals surface area contributed by atoms with E-state index in [4.69, 9.17) is 9.47 Å². The lowest BCUT2D eigenvalue weighted by Crippen LogP contribution is -2.27. The second-order valence-corrected chi connectivity index (χ2v) is 7.22. The Hall–Kier alpha value is -3.26. The van der Waals surface area contributed by atoms with Gasteiger partial charge in [0.15, 0.2) is 11.5 Å². The highest BCUT2D eigenvalue weighted by Crippen LogP contribution is 2.29. The molecule has 5 nitrogen and oxygen atoms in total. The summed E-state index contributed by atoms with van der Waals surface area (Å²) in [5.74, 6) is 1.35. The van der Waals surface area contributed by atoms with E-state index < -0.39 is 5.91 Å². The molecule has 0 fully saturated rings. The van der Waals surface area contributed by atoms with Crippen LogP contribution in [0.4, 0.5) is 0 Å². The Bertz CT molecular complexity index is 883. The average Bonchev–Trinajstić information content (AvgIpc) is 2.72. The molecule has 0 spiro atoms. The Morgan fingerprint density at radius 1 is 1.14 bits per heavy atom. The summed E-state index contributed by atoms with van der Waals surface area (Å²) >= 11 is 0. The molecule has 2 rings (SSSR count). The van der Waals surface area contributed by atoms with Gasteiger partial charge in [-0.3, -0.25) is 4.79 Å². The molecule has 0 saturated carbocycles. The Kier molecular flexibility index (Phi) is 8.29. The first kappa shape index (κ1) is 22.0. The van der Waals surface area contributed by atoms with E-state index in [1.807, 2.05) is 43.3 Å². The number of ether oxygens (including phenoxy) is 2. The van der Waals surface area contributed by atoms with Crippen LogP contribution in [0.1, 0.15) is 44.4 Å². The highest BCUT2D eigenvalue weighted by Gasteiger charge is 2.14. The fourth-order valence-electron chi connectivity index (χ4n) is 2.71. The largest absolute Gasteiger partial charge is 0.493 e. The summed E-state index contributed by atoms with van der Waals surface area (Å²) < 4.78 is 11.2. The molecular formula is C24H28N2O3. The van der Waals surface area contributed by atoms with Crippen molar-refractivity contribution in [2.45, 2.75) is 33.2 Å². The van der Waals surface area contributed by atoms with Crippen LogP contribution in [0, 0.1) is 17.2 Å². The van der Waals surface area contributed by atoms with Crippen LogP contribution in [-0.2, 0) is 4.79 Å². The summed E-state index contributed by atoms with van der Waals surface area (Å²) in [6.45, 7) is 6.77. The molecule has 0 unspecified atom stereocenters. The average molecular weight is 392 g/mol. The zero-order valence-corrected chi connectivity index (χ0v) is 17.4. The third-order valence-corrected chi connectivity index (χ3v) is 4.46. The van der Waals surface area contributed by atoms with Gasteiger partial charge in [-0.1, -0.05) is 50.2 Å². The van der Waals surface area contributed by atoms with Gasteiger partial charge in [0.2, 0.25) is 0 Å². The van der Waals surface area contributed by atoms with Crippen molar-refractivity contribution in [3.8, 4) is 17.6 Å². The predicted molar refractivity (Wildman–Crippen MR) is 115 cm³/mol. The molecule has 152 valence electrons. The number of methoxy groups -OCH3 is 1. The molecule has 0 heterocycles. The maximum absolute atomic E-state index is 12.5. The van der Waals surface area contributed by atoms with Gasteiger partial charge >= 0.3 is 0 Å². The van der Waals surface area contributed by atoms with E-state index in [1.54, 1.807) is 31.4 Å². The number of hydrogen-bond acceptors (Lipinski definition) is 4. The number of carbonyl (C=O) groups is 1. The van der Waals surface area contributed by atoms with Crippen LogP contribution < -0.4 is 14.8 Å². The lowest BCUT2D eigenvalue weighted by Gasteiger charge is -2.14. The molecule has 0 aliphatic rings. The topological polar surface area (TPSA) is 71.3 Å². The molecule has 0 radical (unpaired) electrons. The number of nitrogens with zero attached hydrogens (tertiary/aromatic N) is 1. The lowest BCUT2D eigenvalue weighted by molar-refractivity contribution is -0.117. The minimum absolute atomic E-state index is 0.0308. The van der Waals surface area contributed by atoms with Crippen molar-refractivity contribution in [3.63, 3.8) is 0 Å². The summed E-state index contributed by atoms with van der Waals surface area (Å²) in [5, 5.41) is 12.3. The molecule has 1 amide bonds. The van der Waals surface area contributed by atoms with Crippen molar-refractivity contribution in [2.75, 3.05) is 13.7 Å². The lowest BCUT2D eigenvalue weighted by atomic mass is 10.1. The van der Waals surface area contributed by atoms with Crippen LogP contribution in [0.15, 0.2) is 54.1 Å². The molecular weight excluding hydrogens is 364 g/mol. The number of benzene rings is 2. The van der Waals surface area contributed by atoms with Crippen LogP contribution in [-0.4, -0.2) is 19.6 Å². The van der Waals surface area contributed by atoms with Gasteiger partial charge in [0.05, 0.1) is 19.8 Å². The molecule has 5 heteroatoms. The smallest absolute Gasteiger partial charge is 0.262 e. The first-order valence-corrected chi connectivity index (χ1v) is 9.73. The second kappa shape index (κ2) is 10.9. The van der Waals surface area contributed by atoms with E-state index in [0.717, 1.165) is 12.0 Å². The number of carbonyl (C=O) groups excluding carboxylic acids is 1. The van der Waals surface area contributed by atoms with Gasteiger partial charge in [-0.25, -0.2) is 0 Å². The zero-order chi connectivity index (χ0) is 21.2. The molecule has 1 atom stereocenters. The van der Waals surface area contributed by atoms with E-state index in [-0.39, 0.29) is 11.6 Å². The van der Waals surface area contributed by atoms with Gasteiger partial charge in [0.25, 0.3) is 5.91 Å². The molecule has 2 aromatic carbocycles. The van der Waals surface area contributed by atoms with Crippen molar-refractivity contribution in [3.05, 3.63) is 65.2 Å². The molecule has 0 aliphatic heterocycles. The fraction of sp³-hybridized carbons (Fsp3) is 0.333. The Labute approximate surface area is 173 Å². The zero-order valence-electron chi connectivity index (χ0n) is 17.4. The second-order valence-electron chi connectivity index (χ2n) is 7.22. The normalized spacial score (nSPS) is 12.2. The fourth-order valence-corrected chi connectivity index (χ4v) is 2.71. The Balaban J connectivity index is 2.13. The summed E-state index contributed by atoms with van der Waals surface area (Å²) in [4.78, 5) is 12.5. The standard InChI is InChI=1S/C24H28N2O3/c1-17(2)12-13-29-22-11-10-19(15-23(22)28-4)14-21(16-25)24(27)26-18(3)20-8-6-5-7-9-20/h5-11,14-15,17-18H,12-13H2,1-4H3,(H,26,27)/b21-14+/t18-/m1/s1. The van der Waals surface area contributed by atoms with E-state index in [9.17, 15) is 10.1 Å². The number of hydrogen-bond donors (Lipinski definition) is 1. The number of rotatable bonds is 9. The number of amides is 1.